The van der Waals surface area contributed by atoms with Crippen LogP contribution >= 0.6 is 11.6 Å². The minimum absolute atomic E-state index is 0.0783. The highest BCUT2D eigenvalue weighted by atomic mass is 35.5. The highest BCUT2D eigenvalue weighted by molar-refractivity contribution is 6.76. The van der Waals surface area contributed by atoms with Crippen LogP contribution in [0, 0.1) is 11.6 Å². The molecule has 0 aliphatic rings. The summed E-state index contributed by atoms with van der Waals surface area (Å²) in [6.07, 6.45) is 4.84. The number of nitrogens with zero attached hydrogens (tertiary/aromatic N) is 4. The van der Waals surface area contributed by atoms with Crippen LogP contribution in [0.2, 0.25) is 30.7 Å². The van der Waals surface area contributed by atoms with Gasteiger partial charge in [0.2, 0.25) is 0 Å². The number of anilines is 1. The normalized spacial score (nSPS) is 11.7. The van der Waals surface area contributed by atoms with E-state index in [-0.39, 0.29) is 24.7 Å². The van der Waals surface area contributed by atoms with Crippen molar-refractivity contribution in [3.05, 3.63) is 65.2 Å². The van der Waals surface area contributed by atoms with E-state index in [1.165, 1.54) is 12.3 Å². The van der Waals surface area contributed by atoms with Crippen molar-refractivity contribution in [3.8, 4) is 11.5 Å². The first-order valence-electron chi connectivity index (χ1n) is 11.9. The molecule has 1 aromatic carbocycles. The molecule has 0 atom stereocenters. The van der Waals surface area contributed by atoms with Crippen molar-refractivity contribution >= 4 is 42.4 Å². The lowest BCUT2D eigenvalue weighted by atomic mass is 10.2. The number of halogens is 3. The van der Waals surface area contributed by atoms with Gasteiger partial charge in [-0.3, -0.25) is 4.68 Å². The van der Waals surface area contributed by atoms with E-state index in [0.29, 0.717) is 28.4 Å². The quantitative estimate of drug-likeness (QED) is 0.179. The Morgan fingerprint density at radius 3 is 2.58 bits per heavy atom. The molecule has 0 bridgehead atoms. The fourth-order valence-electron chi connectivity index (χ4n) is 3.61. The van der Waals surface area contributed by atoms with Gasteiger partial charge in [0.15, 0.2) is 17.4 Å². The zero-order valence-electron chi connectivity index (χ0n) is 21.5. The van der Waals surface area contributed by atoms with Gasteiger partial charge in [-0.15, -0.1) is 0 Å². The summed E-state index contributed by atoms with van der Waals surface area (Å²) in [5, 5.41) is 9.82. The van der Waals surface area contributed by atoms with Gasteiger partial charge in [0, 0.05) is 58.1 Å². The number of aromatic nitrogens is 4. The molecule has 3 heterocycles. The molecule has 2 N–H and O–H groups in total. The maximum absolute atomic E-state index is 14.9. The molecule has 2 amide bonds. The summed E-state index contributed by atoms with van der Waals surface area (Å²) in [6, 6.07) is 5.52. The number of carbonyl (C=O) groups excluding carboxylic acids is 1. The molecule has 0 radical (unpaired) electrons. The van der Waals surface area contributed by atoms with Gasteiger partial charge in [0.05, 0.1) is 22.6 Å². The fourth-order valence-corrected chi connectivity index (χ4v) is 4.66. The molecule has 0 aliphatic carbocycles. The van der Waals surface area contributed by atoms with Crippen LogP contribution in [-0.2, 0) is 25.1 Å². The van der Waals surface area contributed by atoms with Crippen LogP contribution < -0.4 is 15.4 Å². The average Bonchev–Trinajstić information content (AvgIpc) is 3.40. The number of hydrogen-bond acceptors (Lipinski definition) is 5. The lowest BCUT2D eigenvalue weighted by molar-refractivity contribution is 0.0899. The monoisotopic (exact) mass is 562 g/mol. The van der Waals surface area contributed by atoms with Gasteiger partial charge in [0.25, 0.3) is 0 Å². The molecule has 0 saturated heterocycles. The number of pyridine rings is 1. The Balaban J connectivity index is 1.46. The number of urea groups is 1. The molecule has 0 fully saturated rings. The third kappa shape index (κ3) is 6.88. The van der Waals surface area contributed by atoms with Crippen LogP contribution in [0.25, 0.3) is 11.0 Å². The van der Waals surface area contributed by atoms with Crippen LogP contribution in [0.1, 0.15) is 5.69 Å². The predicted octanol–water partition coefficient (Wildman–Crippen LogP) is 6.13. The van der Waals surface area contributed by atoms with Gasteiger partial charge < -0.3 is 24.7 Å². The number of nitrogens with one attached hydrogen (secondary N) is 2. The minimum atomic E-state index is -1.23. The second-order valence-corrected chi connectivity index (χ2v) is 16.0. The zero-order chi connectivity index (χ0) is 27.4. The summed E-state index contributed by atoms with van der Waals surface area (Å²) in [7, 11) is 0.519. The van der Waals surface area contributed by atoms with Crippen LogP contribution in [0.15, 0.2) is 42.9 Å². The summed E-state index contributed by atoms with van der Waals surface area (Å²) in [4.78, 5) is 16.5. The van der Waals surface area contributed by atoms with Crippen LogP contribution in [0.5, 0.6) is 11.5 Å². The Kier molecular flexibility index (Phi) is 8.34. The number of ether oxygens (including phenoxy) is 2. The van der Waals surface area contributed by atoms with Crippen molar-refractivity contribution in [3.63, 3.8) is 0 Å². The second kappa shape index (κ2) is 11.5. The molecule has 13 heteroatoms. The van der Waals surface area contributed by atoms with Crippen LogP contribution in [0.3, 0.4) is 0 Å². The highest BCUT2D eigenvalue weighted by Gasteiger charge is 2.20. The summed E-state index contributed by atoms with van der Waals surface area (Å²) < 4.78 is 44.5. The third-order valence-corrected chi connectivity index (χ3v) is 7.56. The standard InChI is InChI=1S/C25H29ClF2N6O3Si/c1-33-8-6-16(32-33)13-30-25(35)31-17-11-19(27)23(20(28)12-17)37-21-5-7-29-24-22(21)18(26)14-34(24)15-36-9-10-38(2,3)4/h5-8,11-12,14H,9-10,13,15H2,1-4H3,(H2,30,31,35). The van der Waals surface area contributed by atoms with E-state index in [1.807, 2.05) is 0 Å². The Labute approximate surface area is 224 Å². The van der Waals surface area contributed by atoms with Crippen molar-refractivity contribution in [2.75, 3.05) is 11.9 Å². The molecule has 202 valence electrons. The average molecular weight is 563 g/mol. The summed E-state index contributed by atoms with van der Waals surface area (Å²) >= 11 is 6.43. The van der Waals surface area contributed by atoms with Crippen molar-refractivity contribution in [2.24, 2.45) is 7.05 Å². The second-order valence-electron chi connectivity index (χ2n) is 9.96. The molecule has 0 unspecified atom stereocenters. The van der Waals surface area contributed by atoms with Gasteiger partial charge in [-0.05, 0) is 18.2 Å². The Morgan fingerprint density at radius 2 is 1.92 bits per heavy atom. The summed E-state index contributed by atoms with van der Waals surface area (Å²) in [6.45, 7) is 7.80. The molecule has 38 heavy (non-hydrogen) atoms. The highest BCUT2D eigenvalue weighted by Crippen LogP contribution is 2.37. The van der Waals surface area contributed by atoms with Gasteiger partial charge in [-0.1, -0.05) is 31.2 Å². The van der Waals surface area contributed by atoms with E-state index < -0.39 is 31.5 Å². The largest absolute Gasteiger partial charge is 0.450 e. The van der Waals surface area contributed by atoms with Crippen molar-refractivity contribution in [1.82, 2.24) is 24.6 Å². The third-order valence-electron chi connectivity index (χ3n) is 5.57. The van der Waals surface area contributed by atoms with Gasteiger partial charge in [0.1, 0.15) is 18.1 Å². The molecular weight excluding hydrogens is 534 g/mol. The molecule has 4 rings (SSSR count). The lowest BCUT2D eigenvalue weighted by Crippen LogP contribution is -2.28. The molecule has 4 aromatic rings. The Bertz CT molecular complexity index is 1430. The summed E-state index contributed by atoms with van der Waals surface area (Å²) in [5.74, 6) is -2.50. The van der Waals surface area contributed by atoms with Crippen molar-refractivity contribution < 1.29 is 23.0 Å². The smallest absolute Gasteiger partial charge is 0.319 e. The van der Waals surface area contributed by atoms with Gasteiger partial charge in [-0.25, -0.2) is 18.6 Å². The molecular formula is C25H29ClF2N6O3Si. The van der Waals surface area contributed by atoms with Crippen LogP contribution in [-0.4, -0.2) is 40.0 Å². The van der Waals surface area contributed by atoms with Crippen molar-refractivity contribution in [1.29, 1.82) is 0 Å². The first-order chi connectivity index (χ1) is 18.0. The SMILES string of the molecule is Cn1ccc(CNC(=O)Nc2cc(F)c(Oc3ccnc4c3c(Cl)cn4COCC[Si](C)(C)C)c(F)c2)n1. The number of amides is 2. The van der Waals surface area contributed by atoms with Crippen molar-refractivity contribution in [2.45, 2.75) is 39.0 Å². The predicted molar refractivity (Wildman–Crippen MR) is 144 cm³/mol. The Hall–Kier alpha value is -3.48. The van der Waals surface area contributed by atoms with Gasteiger partial charge >= 0.3 is 6.03 Å². The van der Waals surface area contributed by atoms with E-state index in [4.69, 9.17) is 21.1 Å². The number of aryl methyl sites for hydroxylation is 1. The fraction of sp³-hybridized carbons (Fsp3) is 0.320. The maximum atomic E-state index is 14.9. The van der Waals surface area contributed by atoms with E-state index in [2.05, 4.69) is 40.4 Å². The summed E-state index contributed by atoms with van der Waals surface area (Å²) in [5.41, 5.74) is 1.02. The van der Waals surface area contributed by atoms with E-state index in [1.54, 1.807) is 34.8 Å². The zero-order valence-corrected chi connectivity index (χ0v) is 23.3. The number of carbonyl (C=O) groups is 1. The van der Waals surface area contributed by atoms with Gasteiger partial charge in [-0.2, -0.15) is 5.10 Å². The molecule has 0 saturated carbocycles. The van der Waals surface area contributed by atoms with E-state index in [0.717, 1.165) is 18.2 Å². The van der Waals surface area contributed by atoms with E-state index in [9.17, 15) is 13.6 Å². The lowest BCUT2D eigenvalue weighted by Gasteiger charge is -2.15. The van der Waals surface area contributed by atoms with E-state index >= 15 is 0 Å². The maximum Gasteiger partial charge on any atom is 0.319 e. The van der Waals surface area contributed by atoms with Crippen LogP contribution in [0.4, 0.5) is 19.3 Å². The Morgan fingerprint density at radius 1 is 1.18 bits per heavy atom. The first-order valence-corrected chi connectivity index (χ1v) is 16.0. The number of fused-ring (bicyclic) bond motifs is 1. The molecule has 0 spiro atoms. The number of rotatable bonds is 10. The topological polar surface area (TPSA) is 95.2 Å². The molecule has 9 nitrogen and oxygen atoms in total. The minimum Gasteiger partial charge on any atom is -0.450 e. The number of hydrogen-bond donors (Lipinski definition) is 2. The first kappa shape index (κ1) is 27.5. The molecule has 0 aliphatic heterocycles. The number of benzene rings is 1. The molecule has 3 aromatic heterocycles.